The number of rotatable bonds is 3. The minimum Gasteiger partial charge on any atom is -0.493 e. The lowest BCUT2D eigenvalue weighted by Gasteiger charge is -2.25. The van der Waals surface area contributed by atoms with E-state index in [2.05, 4.69) is 0 Å². The third kappa shape index (κ3) is 2.99. The molecule has 2 aromatic carbocycles. The van der Waals surface area contributed by atoms with Crippen molar-refractivity contribution in [2.75, 3.05) is 18.9 Å². The van der Waals surface area contributed by atoms with Crippen LogP contribution in [0.4, 0.5) is 5.69 Å². The molecule has 0 aliphatic carbocycles. The summed E-state index contributed by atoms with van der Waals surface area (Å²) in [5.41, 5.74) is 7.81. The Balaban J connectivity index is 1.67. The van der Waals surface area contributed by atoms with Gasteiger partial charge in [0.15, 0.2) is 0 Å². The van der Waals surface area contributed by atoms with Gasteiger partial charge in [-0.2, -0.15) is 0 Å². The van der Waals surface area contributed by atoms with E-state index in [9.17, 15) is 4.79 Å². The summed E-state index contributed by atoms with van der Waals surface area (Å²) in [6.07, 6.45) is 0.848. The number of carbonyl (C=O) groups excluding carboxylic acids is 1. The highest BCUT2D eigenvalue weighted by Gasteiger charge is 2.22. The van der Waals surface area contributed by atoms with Gasteiger partial charge in [-0.3, -0.25) is 0 Å². The first-order chi connectivity index (χ1) is 10.2. The highest BCUT2D eigenvalue weighted by Crippen LogP contribution is 2.33. The summed E-state index contributed by atoms with van der Waals surface area (Å²) >= 11 is 0. The number of esters is 1. The van der Waals surface area contributed by atoms with Gasteiger partial charge in [0.2, 0.25) is 0 Å². The van der Waals surface area contributed by atoms with Gasteiger partial charge in [0.05, 0.1) is 18.8 Å². The SMILES string of the molecule is Nc1cccc(C(=O)OCC2CCOc3ccccc32)c1. The number of benzene rings is 2. The minimum atomic E-state index is -0.341. The number of fused-ring (bicyclic) bond motifs is 1. The van der Waals surface area contributed by atoms with Crippen LogP contribution >= 0.6 is 0 Å². The van der Waals surface area contributed by atoms with Crippen molar-refractivity contribution in [1.82, 2.24) is 0 Å². The highest BCUT2D eigenvalue weighted by molar-refractivity contribution is 5.90. The van der Waals surface area contributed by atoms with Crippen molar-refractivity contribution in [2.45, 2.75) is 12.3 Å². The smallest absolute Gasteiger partial charge is 0.338 e. The van der Waals surface area contributed by atoms with Crippen molar-refractivity contribution in [1.29, 1.82) is 0 Å². The van der Waals surface area contributed by atoms with Crippen LogP contribution < -0.4 is 10.5 Å². The van der Waals surface area contributed by atoms with E-state index in [-0.39, 0.29) is 11.9 Å². The number of nitrogens with two attached hydrogens (primary N) is 1. The van der Waals surface area contributed by atoms with E-state index in [1.807, 2.05) is 24.3 Å². The number of hydrogen-bond acceptors (Lipinski definition) is 4. The second-order valence-electron chi connectivity index (χ2n) is 5.10. The highest BCUT2D eigenvalue weighted by atomic mass is 16.5. The first kappa shape index (κ1) is 13.5. The molecular formula is C17H17NO3. The Kier molecular flexibility index (Phi) is 3.77. The normalized spacial score (nSPS) is 16.7. The fourth-order valence-electron chi connectivity index (χ4n) is 2.51. The van der Waals surface area contributed by atoms with Gasteiger partial charge < -0.3 is 15.2 Å². The van der Waals surface area contributed by atoms with E-state index in [0.717, 1.165) is 17.7 Å². The molecule has 4 nitrogen and oxygen atoms in total. The third-order valence-corrected chi connectivity index (χ3v) is 3.62. The van der Waals surface area contributed by atoms with E-state index in [4.69, 9.17) is 15.2 Å². The Morgan fingerprint density at radius 2 is 2.10 bits per heavy atom. The minimum absolute atomic E-state index is 0.181. The van der Waals surface area contributed by atoms with Crippen molar-refractivity contribution in [3.05, 3.63) is 59.7 Å². The Morgan fingerprint density at radius 1 is 1.24 bits per heavy atom. The Labute approximate surface area is 123 Å². The van der Waals surface area contributed by atoms with E-state index in [0.29, 0.717) is 24.5 Å². The molecule has 0 amide bonds. The number of nitrogen functional groups attached to an aromatic ring is 1. The maximum Gasteiger partial charge on any atom is 0.338 e. The standard InChI is InChI=1S/C17H17NO3/c18-14-5-3-4-12(10-14)17(19)21-11-13-8-9-20-16-7-2-1-6-15(13)16/h1-7,10,13H,8-9,11,18H2. The van der Waals surface area contributed by atoms with Crippen LogP contribution in [0.3, 0.4) is 0 Å². The summed E-state index contributed by atoms with van der Waals surface area (Å²) in [7, 11) is 0. The molecule has 0 spiro atoms. The second kappa shape index (κ2) is 5.87. The van der Waals surface area contributed by atoms with Gasteiger partial charge in [-0.05, 0) is 30.7 Å². The van der Waals surface area contributed by atoms with E-state index in [1.165, 1.54) is 0 Å². The van der Waals surface area contributed by atoms with E-state index in [1.54, 1.807) is 24.3 Å². The topological polar surface area (TPSA) is 61.6 Å². The first-order valence-electron chi connectivity index (χ1n) is 6.98. The molecule has 2 aromatic rings. The molecule has 0 saturated carbocycles. The van der Waals surface area contributed by atoms with Crippen LogP contribution in [0.15, 0.2) is 48.5 Å². The zero-order valence-corrected chi connectivity index (χ0v) is 11.6. The Bertz CT molecular complexity index is 654. The van der Waals surface area contributed by atoms with Crippen LogP contribution in [0.5, 0.6) is 5.75 Å². The second-order valence-corrected chi connectivity index (χ2v) is 5.10. The molecule has 108 valence electrons. The molecule has 1 unspecified atom stereocenters. The van der Waals surface area contributed by atoms with E-state index < -0.39 is 0 Å². The fourth-order valence-corrected chi connectivity index (χ4v) is 2.51. The quantitative estimate of drug-likeness (QED) is 0.695. The third-order valence-electron chi connectivity index (χ3n) is 3.62. The van der Waals surface area contributed by atoms with E-state index >= 15 is 0 Å². The summed E-state index contributed by atoms with van der Waals surface area (Å²) < 4.78 is 11.0. The molecule has 0 saturated heterocycles. The number of carbonyl (C=O) groups is 1. The van der Waals surface area contributed by atoms with Crippen molar-refractivity contribution < 1.29 is 14.3 Å². The lowest BCUT2D eigenvalue weighted by Crippen LogP contribution is -2.20. The molecule has 4 heteroatoms. The van der Waals surface area contributed by atoms with Crippen LogP contribution in [0.2, 0.25) is 0 Å². The van der Waals surface area contributed by atoms with Gasteiger partial charge in [-0.15, -0.1) is 0 Å². The lowest BCUT2D eigenvalue weighted by molar-refractivity contribution is 0.0459. The maximum atomic E-state index is 12.0. The molecule has 0 aromatic heterocycles. The zero-order valence-electron chi connectivity index (χ0n) is 11.6. The van der Waals surface area contributed by atoms with Crippen molar-refractivity contribution in [3.63, 3.8) is 0 Å². The molecule has 2 N–H and O–H groups in total. The zero-order chi connectivity index (χ0) is 14.7. The fraction of sp³-hybridized carbons (Fsp3) is 0.235. The van der Waals surface area contributed by atoms with Crippen LogP contribution in [0, 0.1) is 0 Å². The largest absolute Gasteiger partial charge is 0.493 e. The van der Waals surface area contributed by atoms with Crippen LogP contribution in [-0.2, 0) is 4.74 Å². The van der Waals surface area contributed by atoms with Crippen molar-refractivity contribution in [2.24, 2.45) is 0 Å². The summed E-state index contributed by atoms with van der Waals surface area (Å²) in [6, 6.07) is 14.7. The molecule has 1 heterocycles. The summed E-state index contributed by atoms with van der Waals surface area (Å²) in [5.74, 6) is 0.722. The molecule has 0 radical (unpaired) electrons. The summed E-state index contributed by atoms with van der Waals surface area (Å²) in [4.78, 5) is 12.0. The molecule has 1 aliphatic rings. The van der Waals surface area contributed by atoms with Crippen molar-refractivity contribution >= 4 is 11.7 Å². The average molecular weight is 283 g/mol. The predicted molar refractivity (Wildman–Crippen MR) is 80.4 cm³/mol. The molecule has 3 rings (SSSR count). The molecule has 0 bridgehead atoms. The van der Waals surface area contributed by atoms with Gasteiger partial charge in [-0.1, -0.05) is 24.3 Å². The van der Waals surface area contributed by atoms with Gasteiger partial charge in [0.1, 0.15) is 5.75 Å². The van der Waals surface area contributed by atoms with Gasteiger partial charge in [-0.25, -0.2) is 4.79 Å². The molecular weight excluding hydrogens is 266 g/mol. The molecule has 1 atom stereocenters. The number of para-hydroxylation sites is 1. The van der Waals surface area contributed by atoms with Crippen molar-refractivity contribution in [3.8, 4) is 5.75 Å². The molecule has 0 fully saturated rings. The average Bonchev–Trinajstić information content (AvgIpc) is 2.52. The number of ether oxygens (including phenoxy) is 2. The Morgan fingerprint density at radius 3 is 2.95 bits per heavy atom. The predicted octanol–water partition coefficient (Wildman–Crippen LogP) is 2.99. The maximum absolute atomic E-state index is 12.0. The van der Waals surface area contributed by atoms with Crippen LogP contribution in [-0.4, -0.2) is 19.2 Å². The van der Waals surface area contributed by atoms with Crippen LogP contribution in [0.1, 0.15) is 28.3 Å². The van der Waals surface area contributed by atoms with Gasteiger partial charge in [0.25, 0.3) is 0 Å². The summed E-state index contributed by atoms with van der Waals surface area (Å²) in [5, 5.41) is 0. The summed E-state index contributed by atoms with van der Waals surface area (Å²) in [6.45, 7) is 1.01. The van der Waals surface area contributed by atoms with Crippen LogP contribution in [0.25, 0.3) is 0 Å². The molecule has 1 aliphatic heterocycles. The lowest BCUT2D eigenvalue weighted by atomic mass is 9.94. The monoisotopic (exact) mass is 283 g/mol. The first-order valence-corrected chi connectivity index (χ1v) is 6.98. The Hall–Kier alpha value is -2.49. The molecule has 21 heavy (non-hydrogen) atoms. The van der Waals surface area contributed by atoms with Gasteiger partial charge in [0, 0.05) is 17.2 Å². The van der Waals surface area contributed by atoms with Gasteiger partial charge >= 0.3 is 5.97 Å². The number of anilines is 1. The number of hydrogen-bond donors (Lipinski definition) is 1.